The summed E-state index contributed by atoms with van der Waals surface area (Å²) in [6.07, 6.45) is 0. The summed E-state index contributed by atoms with van der Waals surface area (Å²) in [5.74, 6) is -1.86. The van der Waals surface area contributed by atoms with E-state index in [1.54, 1.807) is 6.07 Å². The molecule has 0 saturated carbocycles. The zero-order chi connectivity index (χ0) is 21.3. The third kappa shape index (κ3) is 4.29. The Morgan fingerprint density at radius 2 is 1.62 bits per heavy atom. The van der Waals surface area contributed by atoms with Crippen molar-refractivity contribution < 1.29 is 19.4 Å². The number of carboxylic acid groups (broad SMARTS) is 1. The lowest BCUT2D eigenvalue weighted by atomic mass is 9.96. The molecule has 0 fully saturated rings. The van der Waals surface area contributed by atoms with Crippen molar-refractivity contribution in [2.45, 2.75) is 39.5 Å². The molecular formula is C22H21BrN2O4. The number of rotatable bonds is 5. The second-order valence-corrected chi connectivity index (χ2v) is 8.17. The molecule has 1 N–H and O–H groups in total. The van der Waals surface area contributed by atoms with Crippen LogP contribution < -0.4 is 4.74 Å². The van der Waals surface area contributed by atoms with Gasteiger partial charge in [-0.3, -0.25) is 4.98 Å². The number of carbonyl (C=O) groups excluding carboxylic acids is 1. The number of carbonyl (C=O) groups is 2. The van der Waals surface area contributed by atoms with Crippen molar-refractivity contribution in [3.63, 3.8) is 0 Å². The summed E-state index contributed by atoms with van der Waals surface area (Å²) < 4.78 is 6.27. The van der Waals surface area contributed by atoms with E-state index in [4.69, 9.17) is 4.74 Å². The van der Waals surface area contributed by atoms with Gasteiger partial charge in [-0.2, -0.15) is 0 Å². The normalized spacial score (nSPS) is 11.3. The molecule has 6 nitrogen and oxygen atoms in total. The van der Waals surface area contributed by atoms with Crippen LogP contribution in [-0.2, 0) is 0 Å². The number of fused-ring (bicyclic) bond motifs is 1. The van der Waals surface area contributed by atoms with Crippen LogP contribution in [0.1, 0.15) is 71.6 Å². The number of benzene rings is 1. The molecule has 0 saturated heterocycles. The average molecular weight is 457 g/mol. The van der Waals surface area contributed by atoms with Crippen LogP contribution >= 0.6 is 15.9 Å². The van der Waals surface area contributed by atoms with E-state index in [1.807, 2.05) is 52.0 Å². The van der Waals surface area contributed by atoms with Crippen LogP contribution in [0.4, 0.5) is 0 Å². The maximum absolute atomic E-state index is 12.9. The Labute approximate surface area is 177 Å². The van der Waals surface area contributed by atoms with Gasteiger partial charge in [-0.15, -0.1) is 0 Å². The van der Waals surface area contributed by atoms with Crippen molar-refractivity contribution in [1.29, 1.82) is 0 Å². The topological polar surface area (TPSA) is 89.4 Å². The Balaban J connectivity index is 2.05. The number of carboxylic acids is 1. The first-order valence-electron chi connectivity index (χ1n) is 9.24. The highest BCUT2D eigenvalue weighted by Crippen LogP contribution is 2.28. The molecular weight excluding hydrogens is 436 g/mol. The second kappa shape index (κ2) is 8.29. The van der Waals surface area contributed by atoms with Gasteiger partial charge in [-0.25, -0.2) is 14.6 Å². The van der Waals surface area contributed by atoms with Gasteiger partial charge < -0.3 is 9.84 Å². The van der Waals surface area contributed by atoms with E-state index in [0.29, 0.717) is 16.9 Å². The van der Waals surface area contributed by atoms with Crippen molar-refractivity contribution >= 4 is 38.8 Å². The molecule has 150 valence electrons. The van der Waals surface area contributed by atoms with Crippen LogP contribution in [0.5, 0.6) is 5.88 Å². The van der Waals surface area contributed by atoms with E-state index in [-0.39, 0.29) is 28.8 Å². The van der Waals surface area contributed by atoms with Crippen LogP contribution in [0.25, 0.3) is 10.9 Å². The lowest BCUT2D eigenvalue weighted by molar-refractivity contribution is 0.0694. The first-order valence-corrected chi connectivity index (χ1v) is 10.0. The number of ether oxygens (including phenoxy) is 1. The molecule has 0 radical (unpaired) electrons. The van der Waals surface area contributed by atoms with E-state index in [9.17, 15) is 14.7 Å². The predicted octanol–water partition coefficient (Wildman–Crippen LogP) is 5.56. The van der Waals surface area contributed by atoms with Gasteiger partial charge >= 0.3 is 11.9 Å². The zero-order valence-corrected chi connectivity index (χ0v) is 18.1. The Hall–Kier alpha value is -2.80. The largest absolute Gasteiger partial charge is 0.478 e. The number of aromatic nitrogens is 2. The van der Waals surface area contributed by atoms with Crippen molar-refractivity contribution in [3.8, 4) is 5.88 Å². The number of halogens is 1. The zero-order valence-electron chi connectivity index (χ0n) is 16.6. The molecule has 0 spiro atoms. The van der Waals surface area contributed by atoms with Gasteiger partial charge in [0.05, 0.1) is 28.0 Å². The van der Waals surface area contributed by atoms with Crippen LogP contribution in [0.15, 0.2) is 40.9 Å². The van der Waals surface area contributed by atoms with E-state index in [2.05, 4.69) is 25.9 Å². The SMILES string of the molecule is CC(C)c1nc(C(C)C)c(C(=O)Oc2ccc3cccc(Br)c3n2)cc1C(=O)O. The lowest BCUT2D eigenvalue weighted by Crippen LogP contribution is -2.18. The van der Waals surface area contributed by atoms with E-state index < -0.39 is 11.9 Å². The van der Waals surface area contributed by atoms with Crippen LogP contribution in [0.2, 0.25) is 0 Å². The molecule has 0 aliphatic rings. The lowest BCUT2D eigenvalue weighted by Gasteiger charge is -2.17. The van der Waals surface area contributed by atoms with Crippen molar-refractivity contribution in [1.82, 2.24) is 9.97 Å². The summed E-state index contributed by atoms with van der Waals surface area (Å²) in [4.78, 5) is 33.5. The maximum atomic E-state index is 12.9. The summed E-state index contributed by atoms with van der Waals surface area (Å²) >= 11 is 3.44. The van der Waals surface area contributed by atoms with Gasteiger partial charge in [0, 0.05) is 15.9 Å². The number of pyridine rings is 2. The first-order chi connectivity index (χ1) is 13.7. The van der Waals surface area contributed by atoms with Crippen LogP contribution in [0.3, 0.4) is 0 Å². The minimum absolute atomic E-state index is 0.00515. The number of nitrogens with zero attached hydrogens (tertiary/aromatic N) is 2. The Morgan fingerprint density at radius 1 is 0.966 bits per heavy atom. The Kier molecular flexibility index (Phi) is 5.98. The third-order valence-electron chi connectivity index (χ3n) is 4.47. The van der Waals surface area contributed by atoms with Crippen molar-refractivity contribution in [2.75, 3.05) is 0 Å². The van der Waals surface area contributed by atoms with Gasteiger partial charge in [-0.05, 0) is 46.0 Å². The fourth-order valence-electron chi connectivity index (χ4n) is 3.06. The highest BCUT2D eigenvalue weighted by molar-refractivity contribution is 9.10. The molecule has 2 heterocycles. The maximum Gasteiger partial charge on any atom is 0.346 e. The molecule has 0 unspecified atom stereocenters. The standard InChI is InChI=1S/C22H21BrN2O4/c1-11(2)18-14(21(26)27)10-15(19(25-18)12(3)4)22(28)29-17-9-8-13-6-5-7-16(23)20(13)24-17/h5-12H,1-4H3,(H,26,27). The molecule has 29 heavy (non-hydrogen) atoms. The van der Waals surface area contributed by atoms with Crippen molar-refractivity contribution in [2.24, 2.45) is 0 Å². The van der Waals surface area contributed by atoms with Gasteiger partial charge in [0.2, 0.25) is 5.88 Å². The molecule has 0 bridgehead atoms. The molecule has 0 aliphatic heterocycles. The fourth-order valence-corrected chi connectivity index (χ4v) is 3.53. The summed E-state index contributed by atoms with van der Waals surface area (Å²) in [7, 11) is 0. The molecule has 7 heteroatoms. The molecule has 0 aliphatic carbocycles. The quantitative estimate of drug-likeness (QED) is 0.505. The fraction of sp³-hybridized carbons (Fsp3) is 0.273. The number of para-hydroxylation sites is 1. The van der Waals surface area contributed by atoms with Crippen LogP contribution in [0, 0.1) is 0 Å². The highest BCUT2D eigenvalue weighted by Gasteiger charge is 2.25. The smallest absolute Gasteiger partial charge is 0.346 e. The Bertz CT molecular complexity index is 1110. The molecule has 1 aromatic carbocycles. The molecule has 3 aromatic rings. The van der Waals surface area contributed by atoms with Gasteiger partial charge in [0.25, 0.3) is 0 Å². The second-order valence-electron chi connectivity index (χ2n) is 7.32. The summed E-state index contributed by atoms with van der Waals surface area (Å²) in [6.45, 7) is 7.53. The number of aromatic carboxylic acids is 1. The molecule has 2 aromatic heterocycles. The minimum atomic E-state index is -1.13. The first kappa shape index (κ1) is 20.9. The van der Waals surface area contributed by atoms with Crippen LogP contribution in [-0.4, -0.2) is 27.0 Å². The summed E-state index contributed by atoms with van der Waals surface area (Å²) in [5.41, 5.74) is 1.76. The predicted molar refractivity (Wildman–Crippen MR) is 114 cm³/mol. The molecule has 3 rings (SSSR count). The monoisotopic (exact) mass is 456 g/mol. The van der Waals surface area contributed by atoms with Crippen molar-refractivity contribution in [3.05, 3.63) is 63.4 Å². The van der Waals surface area contributed by atoms with Gasteiger partial charge in [-0.1, -0.05) is 39.8 Å². The summed E-state index contributed by atoms with van der Waals surface area (Å²) in [6, 6.07) is 10.4. The minimum Gasteiger partial charge on any atom is -0.478 e. The van der Waals surface area contributed by atoms with E-state index in [1.165, 1.54) is 6.07 Å². The number of esters is 1. The van der Waals surface area contributed by atoms with Gasteiger partial charge in [0.1, 0.15) is 0 Å². The molecule has 0 amide bonds. The Morgan fingerprint density at radius 3 is 2.24 bits per heavy atom. The average Bonchev–Trinajstić information content (AvgIpc) is 2.67. The third-order valence-corrected chi connectivity index (χ3v) is 5.11. The number of hydrogen-bond acceptors (Lipinski definition) is 5. The molecule has 0 atom stereocenters. The van der Waals surface area contributed by atoms with E-state index >= 15 is 0 Å². The summed E-state index contributed by atoms with van der Waals surface area (Å²) in [5, 5.41) is 10.5. The van der Waals surface area contributed by atoms with Gasteiger partial charge in [0.15, 0.2) is 0 Å². The highest BCUT2D eigenvalue weighted by atomic mass is 79.9. The van der Waals surface area contributed by atoms with E-state index in [0.717, 1.165) is 9.86 Å². The number of hydrogen-bond donors (Lipinski definition) is 1.